The molecular formula is C10H10N2S2. The van der Waals surface area contributed by atoms with Crippen LogP contribution in [-0.2, 0) is 7.05 Å². The van der Waals surface area contributed by atoms with Crippen molar-refractivity contribution in [3.8, 4) is 11.3 Å². The number of nitrogens with zero attached hydrogens (tertiary/aromatic N) is 2. The molecule has 0 aliphatic carbocycles. The summed E-state index contributed by atoms with van der Waals surface area (Å²) < 4.78 is 2.96. The molecular weight excluding hydrogens is 212 g/mol. The molecule has 0 radical (unpaired) electrons. The van der Waals surface area contributed by atoms with Gasteiger partial charge in [-0.3, -0.25) is 4.98 Å². The van der Waals surface area contributed by atoms with E-state index in [1.807, 2.05) is 23.7 Å². The van der Waals surface area contributed by atoms with Crippen molar-refractivity contribution < 1.29 is 0 Å². The number of rotatable bonds is 1. The third-order valence-electron chi connectivity index (χ3n) is 2.14. The van der Waals surface area contributed by atoms with Gasteiger partial charge in [0, 0.05) is 29.9 Å². The summed E-state index contributed by atoms with van der Waals surface area (Å²) in [5, 5.41) is 0. The summed E-state index contributed by atoms with van der Waals surface area (Å²) in [5.41, 5.74) is 2.37. The van der Waals surface area contributed by atoms with E-state index >= 15 is 0 Å². The molecule has 0 atom stereocenters. The van der Waals surface area contributed by atoms with Gasteiger partial charge in [0.1, 0.15) is 0 Å². The summed E-state index contributed by atoms with van der Waals surface area (Å²) in [5.74, 6) is 0. The van der Waals surface area contributed by atoms with Crippen LogP contribution in [0.3, 0.4) is 0 Å². The van der Waals surface area contributed by atoms with Gasteiger partial charge in [-0.2, -0.15) is 0 Å². The average Bonchev–Trinajstić information content (AvgIpc) is 2.43. The molecule has 0 aliphatic rings. The normalized spacial score (nSPS) is 10.4. The maximum atomic E-state index is 5.23. The third kappa shape index (κ3) is 1.51. The molecule has 4 heteroatoms. The zero-order chi connectivity index (χ0) is 10.1. The fourth-order valence-electron chi connectivity index (χ4n) is 1.48. The average molecular weight is 222 g/mol. The third-order valence-corrected chi connectivity index (χ3v) is 3.61. The van der Waals surface area contributed by atoms with Gasteiger partial charge in [-0.05, 0) is 31.3 Å². The number of pyridine rings is 1. The lowest BCUT2D eigenvalue weighted by Crippen LogP contribution is -1.92. The molecule has 0 aromatic carbocycles. The summed E-state index contributed by atoms with van der Waals surface area (Å²) >= 11 is 6.88. The van der Waals surface area contributed by atoms with E-state index < -0.39 is 0 Å². The van der Waals surface area contributed by atoms with Crippen LogP contribution in [0.1, 0.15) is 4.88 Å². The lowest BCUT2D eigenvalue weighted by atomic mass is 10.2. The van der Waals surface area contributed by atoms with Gasteiger partial charge < -0.3 is 4.57 Å². The molecule has 0 N–H and O–H groups in total. The maximum Gasteiger partial charge on any atom is 0.161 e. The minimum atomic E-state index is 0.911. The van der Waals surface area contributed by atoms with Gasteiger partial charge in [0.25, 0.3) is 0 Å². The number of hydrogen-bond donors (Lipinski definition) is 0. The van der Waals surface area contributed by atoms with Crippen LogP contribution in [0.25, 0.3) is 11.3 Å². The topological polar surface area (TPSA) is 17.8 Å². The van der Waals surface area contributed by atoms with Gasteiger partial charge in [0.2, 0.25) is 0 Å². The fraction of sp³-hybridized carbons (Fsp3) is 0.200. The predicted molar refractivity (Wildman–Crippen MR) is 62.1 cm³/mol. The number of hydrogen-bond acceptors (Lipinski definition) is 3. The van der Waals surface area contributed by atoms with E-state index in [9.17, 15) is 0 Å². The SMILES string of the molecule is Cc1sc(=S)n(C)c1-c1ccncc1. The zero-order valence-corrected chi connectivity index (χ0v) is 9.65. The van der Waals surface area contributed by atoms with Gasteiger partial charge >= 0.3 is 0 Å². The largest absolute Gasteiger partial charge is 0.326 e. The smallest absolute Gasteiger partial charge is 0.161 e. The Balaban J connectivity index is 2.69. The Morgan fingerprint density at radius 3 is 2.50 bits per heavy atom. The minimum absolute atomic E-state index is 0.911. The predicted octanol–water partition coefficient (Wildman–Crippen LogP) is 3.19. The lowest BCUT2D eigenvalue weighted by molar-refractivity contribution is 0.925. The van der Waals surface area contributed by atoms with Crippen LogP contribution < -0.4 is 0 Å². The molecule has 2 heterocycles. The standard InChI is InChI=1S/C10H10N2S2/c1-7-9(12(2)10(13)14-7)8-3-5-11-6-4-8/h3-6H,1-2H3. The Morgan fingerprint density at radius 1 is 1.36 bits per heavy atom. The van der Waals surface area contributed by atoms with Gasteiger partial charge in [-0.25, -0.2) is 0 Å². The fourth-order valence-corrected chi connectivity index (χ4v) is 2.79. The van der Waals surface area contributed by atoms with E-state index in [-0.39, 0.29) is 0 Å². The zero-order valence-electron chi connectivity index (χ0n) is 8.02. The van der Waals surface area contributed by atoms with Crippen LogP contribution >= 0.6 is 23.6 Å². The van der Waals surface area contributed by atoms with E-state index in [4.69, 9.17) is 12.2 Å². The Morgan fingerprint density at radius 2 is 2.00 bits per heavy atom. The van der Waals surface area contributed by atoms with Crippen LogP contribution in [0.2, 0.25) is 0 Å². The molecule has 2 aromatic rings. The molecule has 0 spiro atoms. The first-order chi connectivity index (χ1) is 6.70. The van der Waals surface area contributed by atoms with Gasteiger partial charge in [-0.1, -0.05) is 0 Å². The van der Waals surface area contributed by atoms with Crippen LogP contribution in [0.5, 0.6) is 0 Å². The van der Waals surface area contributed by atoms with Crippen LogP contribution in [0.15, 0.2) is 24.5 Å². The van der Waals surface area contributed by atoms with Crippen molar-refractivity contribution in [3.05, 3.63) is 33.4 Å². The van der Waals surface area contributed by atoms with Gasteiger partial charge in [0.05, 0.1) is 5.69 Å². The number of thiazole rings is 1. The molecule has 14 heavy (non-hydrogen) atoms. The second-order valence-electron chi connectivity index (χ2n) is 3.07. The quantitative estimate of drug-likeness (QED) is 0.690. The summed E-state index contributed by atoms with van der Waals surface area (Å²) in [6.45, 7) is 2.09. The molecule has 2 aromatic heterocycles. The van der Waals surface area contributed by atoms with Crippen LogP contribution in [0.4, 0.5) is 0 Å². The van der Waals surface area contributed by atoms with Crippen molar-refractivity contribution in [1.82, 2.24) is 9.55 Å². The van der Waals surface area contributed by atoms with Crippen molar-refractivity contribution >= 4 is 23.6 Å². The highest BCUT2D eigenvalue weighted by atomic mass is 32.1. The maximum absolute atomic E-state index is 5.23. The van der Waals surface area contributed by atoms with Crippen LogP contribution in [0, 0.1) is 10.9 Å². The van der Waals surface area contributed by atoms with Crippen molar-refractivity contribution in [2.75, 3.05) is 0 Å². The summed E-state index contributed by atoms with van der Waals surface area (Å²) in [4.78, 5) is 5.26. The summed E-state index contributed by atoms with van der Waals surface area (Å²) in [6.07, 6.45) is 3.60. The van der Waals surface area contributed by atoms with Crippen molar-refractivity contribution in [2.45, 2.75) is 6.92 Å². The van der Waals surface area contributed by atoms with Gasteiger partial charge in [0.15, 0.2) is 3.95 Å². The highest BCUT2D eigenvalue weighted by Gasteiger charge is 2.07. The molecule has 2 rings (SSSR count). The molecule has 72 valence electrons. The van der Waals surface area contributed by atoms with E-state index in [1.165, 1.54) is 16.1 Å². The molecule has 0 saturated carbocycles. The Hall–Kier alpha value is -1.00. The number of aromatic nitrogens is 2. The Labute approximate surface area is 91.9 Å². The van der Waals surface area contributed by atoms with Crippen molar-refractivity contribution in [1.29, 1.82) is 0 Å². The van der Waals surface area contributed by atoms with Crippen molar-refractivity contribution in [2.24, 2.45) is 7.05 Å². The molecule has 0 amide bonds. The molecule has 0 fully saturated rings. The molecule has 0 bridgehead atoms. The van der Waals surface area contributed by atoms with E-state index in [0.717, 1.165) is 3.95 Å². The van der Waals surface area contributed by atoms with Crippen molar-refractivity contribution in [3.63, 3.8) is 0 Å². The summed E-state index contributed by atoms with van der Waals surface area (Å²) in [6, 6.07) is 4.01. The van der Waals surface area contributed by atoms with E-state index in [0.29, 0.717) is 0 Å². The highest BCUT2D eigenvalue weighted by molar-refractivity contribution is 7.73. The minimum Gasteiger partial charge on any atom is -0.326 e. The summed E-state index contributed by atoms with van der Waals surface area (Å²) in [7, 11) is 2.00. The van der Waals surface area contributed by atoms with Crippen LogP contribution in [-0.4, -0.2) is 9.55 Å². The first-order valence-electron chi connectivity index (χ1n) is 4.27. The van der Waals surface area contributed by atoms with E-state index in [2.05, 4.69) is 11.9 Å². The molecule has 0 saturated heterocycles. The first kappa shape index (κ1) is 9.55. The lowest BCUT2D eigenvalue weighted by Gasteiger charge is -2.03. The second-order valence-corrected chi connectivity index (χ2v) is 4.92. The second kappa shape index (κ2) is 3.63. The molecule has 0 aliphatic heterocycles. The first-order valence-corrected chi connectivity index (χ1v) is 5.49. The molecule has 2 nitrogen and oxygen atoms in total. The molecule has 0 unspecified atom stereocenters. The van der Waals surface area contributed by atoms with Gasteiger partial charge in [-0.15, -0.1) is 11.3 Å². The number of aryl methyl sites for hydroxylation is 1. The highest BCUT2D eigenvalue weighted by Crippen LogP contribution is 2.27. The Kier molecular flexibility index (Phi) is 2.48. The monoisotopic (exact) mass is 222 g/mol. The van der Waals surface area contributed by atoms with E-state index in [1.54, 1.807) is 23.7 Å². The Bertz CT molecular complexity index is 497.